The van der Waals surface area contributed by atoms with Gasteiger partial charge in [0.2, 0.25) is 10.0 Å². The Balaban J connectivity index is 2.17. The van der Waals surface area contributed by atoms with Crippen LogP contribution in [0.4, 0.5) is 5.82 Å². The number of H-pyrrole nitrogens is 1. The lowest BCUT2D eigenvalue weighted by Gasteiger charge is -2.06. The van der Waals surface area contributed by atoms with Crippen molar-refractivity contribution in [3.63, 3.8) is 0 Å². The number of rotatable bonds is 4. The SMILES string of the molecule is Nc1ncc(S(=O)(=O)NCc2ncc[nH]2)cc1Cl. The highest BCUT2D eigenvalue weighted by Gasteiger charge is 2.16. The standard InChI is InChI=1S/C9H10ClN5O2S/c10-7-3-6(4-14-9(7)11)18(16,17)15-5-8-12-1-2-13-8/h1-4,15H,5H2,(H2,11,14)(H,12,13). The third kappa shape index (κ3) is 2.78. The van der Waals surface area contributed by atoms with Crippen LogP contribution in [0.3, 0.4) is 0 Å². The molecular formula is C9H10ClN5O2S. The van der Waals surface area contributed by atoms with E-state index < -0.39 is 10.0 Å². The first-order valence-electron chi connectivity index (χ1n) is 4.88. The van der Waals surface area contributed by atoms with Gasteiger partial charge < -0.3 is 10.7 Å². The first-order chi connectivity index (χ1) is 8.49. The van der Waals surface area contributed by atoms with Crippen molar-refractivity contribution in [2.24, 2.45) is 0 Å². The number of anilines is 1. The van der Waals surface area contributed by atoms with Gasteiger partial charge in [-0.3, -0.25) is 0 Å². The van der Waals surface area contributed by atoms with E-state index in [1.54, 1.807) is 6.20 Å². The van der Waals surface area contributed by atoms with Crippen molar-refractivity contribution in [2.45, 2.75) is 11.4 Å². The van der Waals surface area contributed by atoms with Crippen molar-refractivity contribution < 1.29 is 8.42 Å². The molecule has 0 saturated carbocycles. The molecule has 0 atom stereocenters. The minimum atomic E-state index is -3.69. The second kappa shape index (κ2) is 4.92. The van der Waals surface area contributed by atoms with Crippen molar-refractivity contribution >= 4 is 27.4 Å². The average molecular weight is 288 g/mol. The van der Waals surface area contributed by atoms with E-state index in [2.05, 4.69) is 19.7 Å². The Labute approximate surface area is 108 Å². The van der Waals surface area contributed by atoms with E-state index in [1.807, 2.05) is 0 Å². The van der Waals surface area contributed by atoms with Crippen LogP contribution in [0.5, 0.6) is 0 Å². The topological polar surface area (TPSA) is 114 Å². The highest BCUT2D eigenvalue weighted by atomic mass is 35.5. The van der Waals surface area contributed by atoms with E-state index in [-0.39, 0.29) is 22.3 Å². The molecule has 0 fully saturated rings. The Morgan fingerprint density at radius 3 is 2.83 bits per heavy atom. The van der Waals surface area contributed by atoms with Gasteiger partial charge in [0.05, 0.1) is 11.6 Å². The molecule has 2 heterocycles. The van der Waals surface area contributed by atoms with Gasteiger partial charge in [0.25, 0.3) is 0 Å². The number of nitrogens with two attached hydrogens (primary N) is 1. The molecule has 2 aromatic heterocycles. The molecule has 9 heteroatoms. The van der Waals surface area contributed by atoms with E-state index >= 15 is 0 Å². The fourth-order valence-corrected chi connectivity index (χ4v) is 2.41. The van der Waals surface area contributed by atoms with Crippen LogP contribution >= 0.6 is 11.6 Å². The maximum atomic E-state index is 11.9. The summed E-state index contributed by atoms with van der Waals surface area (Å²) in [6, 6.07) is 1.24. The van der Waals surface area contributed by atoms with E-state index in [0.29, 0.717) is 5.82 Å². The number of hydrogen-bond acceptors (Lipinski definition) is 5. The molecule has 4 N–H and O–H groups in total. The third-order valence-corrected chi connectivity index (χ3v) is 3.81. The fraction of sp³-hybridized carbons (Fsp3) is 0.111. The number of halogens is 1. The van der Waals surface area contributed by atoms with Gasteiger partial charge in [-0.05, 0) is 6.07 Å². The second-order valence-corrected chi connectivity index (χ2v) is 5.57. The molecule has 7 nitrogen and oxygen atoms in total. The Morgan fingerprint density at radius 1 is 1.44 bits per heavy atom. The summed E-state index contributed by atoms with van der Waals surface area (Å²) in [7, 11) is -3.69. The van der Waals surface area contributed by atoms with Gasteiger partial charge in [0.1, 0.15) is 16.5 Å². The molecule has 0 aliphatic carbocycles. The average Bonchev–Trinajstić information content (AvgIpc) is 2.83. The molecule has 0 amide bonds. The van der Waals surface area contributed by atoms with Crippen LogP contribution in [0.2, 0.25) is 5.02 Å². The van der Waals surface area contributed by atoms with Crippen LogP contribution in [0.25, 0.3) is 0 Å². The van der Waals surface area contributed by atoms with Gasteiger partial charge in [-0.1, -0.05) is 11.6 Å². The molecule has 0 unspecified atom stereocenters. The monoisotopic (exact) mass is 287 g/mol. The summed E-state index contributed by atoms with van der Waals surface area (Å²) in [5.41, 5.74) is 5.41. The highest BCUT2D eigenvalue weighted by Crippen LogP contribution is 2.19. The predicted molar refractivity (Wildman–Crippen MR) is 66.3 cm³/mol. The summed E-state index contributed by atoms with van der Waals surface area (Å²) >= 11 is 5.72. The summed E-state index contributed by atoms with van der Waals surface area (Å²) in [6.45, 7) is 0.0529. The molecule has 0 spiro atoms. The first kappa shape index (κ1) is 12.8. The van der Waals surface area contributed by atoms with E-state index in [4.69, 9.17) is 17.3 Å². The molecule has 0 aliphatic rings. The quantitative estimate of drug-likeness (QED) is 0.758. The molecule has 0 saturated heterocycles. The Morgan fingerprint density at radius 2 is 2.22 bits per heavy atom. The van der Waals surface area contributed by atoms with Crippen molar-refractivity contribution in [2.75, 3.05) is 5.73 Å². The minimum absolute atomic E-state index is 0.0479. The normalized spacial score (nSPS) is 11.6. The van der Waals surface area contributed by atoms with Crippen molar-refractivity contribution in [1.82, 2.24) is 19.7 Å². The number of hydrogen-bond donors (Lipinski definition) is 3. The number of imidazole rings is 1. The van der Waals surface area contributed by atoms with Crippen LogP contribution in [0.1, 0.15) is 5.82 Å². The minimum Gasteiger partial charge on any atom is -0.382 e. The van der Waals surface area contributed by atoms with Gasteiger partial charge in [-0.2, -0.15) is 0 Å². The van der Waals surface area contributed by atoms with Crippen molar-refractivity contribution in [3.8, 4) is 0 Å². The van der Waals surface area contributed by atoms with Gasteiger partial charge in [0, 0.05) is 18.6 Å². The number of nitrogens with zero attached hydrogens (tertiary/aromatic N) is 2. The number of nitrogens with one attached hydrogen (secondary N) is 2. The molecule has 2 aromatic rings. The molecule has 0 radical (unpaired) electrons. The lowest BCUT2D eigenvalue weighted by molar-refractivity contribution is 0.579. The third-order valence-electron chi connectivity index (χ3n) is 2.14. The van der Waals surface area contributed by atoms with Gasteiger partial charge in [-0.25, -0.2) is 23.1 Å². The van der Waals surface area contributed by atoms with Gasteiger partial charge in [-0.15, -0.1) is 0 Å². The molecule has 18 heavy (non-hydrogen) atoms. The Kier molecular flexibility index (Phi) is 3.50. The number of aromatic amines is 1. The van der Waals surface area contributed by atoms with Crippen LogP contribution in [-0.2, 0) is 16.6 Å². The zero-order valence-corrected chi connectivity index (χ0v) is 10.7. The molecule has 96 valence electrons. The number of sulfonamides is 1. The number of aromatic nitrogens is 3. The molecular weight excluding hydrogens is 278 g/mol. The lowest BCUT2D eigenvalue weighted by atomic mass is 10.5. The fourth-order valence-electron chi connectivity index (χ4n) is 1.22. The smallest absolute Gasteiger partial charge is 0.242 e. The second-order valence-electron chi connectivity index (χ2n) is 3.40. The summed E-state index contributed by atoms with van der Waals surface area (Å²) in [5.74, 6) is 0.592. The first-order valence-corrected chi connectivity index (χ1v) is 6.74. The highest BCUT2D eigenvalue weighted by molar-refractivity contribution is 7.89. The van der Waals surface area contributed by atoms with Crippen LogP contribution in [0, 0.1) is 0 Å². The van der Waals surface area contributed by atoms with Crippen molar-refractivity contribution in [3.05, 3.63) is 35.5 Å². The zero-order chi connectivity index (χ0) is 13.2. The van der Waals surface area contributed by atoms with E-state index in [0.717, 1.165) is 6.20 Å². The number of pyridine rings is 1. The van der Waals surface area contributed by atoms with Gasteiger partial charge >= 0.3 is 0 Å². The molecule has 0 aromatic carbocycles. The van der Waals surface area contributed by atoms with Gasteiger partial charge in [0.15, 0.2) is 0 Å². The predicted octanol–water partition coefficient (Wildman–Crippen LogP) is 0.519. The summed E-state index contributed by atoms with van der Waals surface area (Å²) in [5, 5.41) is 0.0934. The van der Waals surface area contributed by atoms with Crippen LogP contribution in [-0.4, -0.2) is 23.4 Å². The lowest BCUT2D eigenvalue weighted by Crippen LogP contribution is -2.24. The maximum absolute atomic E-state index is 11.9. The Bertz CT molecular complexity index is 641. The van der Waals surface area contributed by atoms with Crippen LogP contribution in [0.15, 0.2) is 29.6 Å². The largest absolute Gasteiger partial charge is 0.382 e. The Hall–Kier alpha value is -1.64. The van der Waals surface area contributed by atoms with Crippen molar-refractivity contribution in [1.29, 1.82) is 0 Å². The number of nitrogen functional groups attached to an aromatic ring is 1. The summed E-state index contributed by atoms with van der Waals surface area (Å²) < 4.78 is 26.2. The summed E-state index contributed by atoms with van der Waals surface area (Å²) in [4.78, 5) is 10.3. The zero-order valence-electron chi connectivity index (χ0n) is 9.09. The van der Waals surface area contributed by atoms with E-state index in [1.165, 1.54) is 12.3 Å². The summed E-state index contributed by atoms with van der Waals surface area (Å²) in [6.07, 6.45) is 4.28. The maximum Gasteiger partial charge on any atom is 0.242 e. The molecule has 0 bridgehead atoms. The molecule has 2 rings (SSSR count). The van der Waals surface area contributed by atoms with Crippen LogP contribution < -0.4 is 10.5 Å². The molecule has 0 aliphatic heterocycles. The van der Waals surface area contributed by atoms with E-state index in [9.17, 15) is 8.42 Å².